The molecular weight excluding hydrogens is 283 g/mol. The van der Waals surface area contributed by atoms with Crippen LogP contribution < -0.4 is 4.74 Å². The summed E-state index contributed by atoms with van der Waals surface area (Å²) in [5.41, 5.74) is 3.66. The molecule has 0 aliphatic carbocycles. The molecule has 1 aliphatic heterocycles. The van der Waals surface area contributed by atoms with Crippen LogP contribution in [-0.4, -0.2) is 17.7 Å². The summed E-state index contributed by atoms with van der Waals surface area (Å²) in [6.07, 6.45) is 0. The molecule has 22 heavy (non-hydrogen) atoms. The largest absolute Gasteiger partial charge is 0.489 e. The van der Waals surface area contributed by atoms with E-state index in [2.05, 4.69) is 0 Å². The quantitative estimate of drug-likeness (QED) is 0.910. The van der Waals surface area contributed by atoms with E-state index in [1.165, 1.54) is 18.2 Å². The number of benzene rings is 2. The molecule has 2 aromatic carbocycles. The normalized spacial score (nSPS) is 13.6. The Hall–Kier alpha value is -2.62. The lowest BCUT2D eigenvalue weighted by Crippen LogP contribution is -2.12. The van der Waals surface area contributed by atoms with E-state index in [9.17, 15) is 9.18 Å². The minimum Gasteiger partial charge on any atom is -0.489 e. The number of fused-ring (bicyclic) bond motifs is 1. The van der Waals surface area contributed by atoms with E-state index in [0.717, 1.165) is 11.1 Å². The Balaban J connectivity index is 2.23. The second-order valence-electron chi connectivity index (χ2n) is 5.44. The molecule has 0 unspecified atom stereocenters. The van der Waals surface area contributed by atoms with Crippen LogP contribution in [-0.2, 0) is 0 Å². The Bertz CT molecular complexity index is 806. The van der Waals surface area contributed by atoms with Crippen molar-refractivity contribution >= 4 is 11.5 Å². The highest BCUT2D eigenvalue weighted by Gasteiger charge is 2.23. The van der Waals surface area contributed by atoms with E-state index in [1.807, 2.05) is 19.9 Å². The van der Waals surface area contributed by atoms with Crippen LogP contribution in [0.2, 0.25) is 0 Å². The van der Waals surface area contributed by atoms with Gasteiger partial charge < -0.3 is 9.84 Å². The number of carboxylic acid groups (broad SMARTS) is 1. The summed E-state index contributed by atoms with van der Waals surface area (Å²) in [6, 6.07) is 9.70. The van der Waals surface area contributed by atoms with Gasteiger partial charge in [0.25, 0.3) is 0 Å². The summed E-state index contributed by atoms with van der Waals surface area (Å²) in [6.45, 7) is 4.06. The monoisotopic (exact) mass is 298 g/mol. The van der Waals surface area contributed by atoms with Gasteiger partial charge >= 0.3 is 5.97 Å². The maximum absolute atomic E-state index is 14.4. The van der Waals surface area contributed by atoms with E-state index >= 15 is 0 Å². The van der Waals surface area contributed by atoms with Crippen molar-refractivity contribution in [3.8, 4) is 5.75 Å². The highest BCUT2D eigenvalue weighted by atomic mass is 19.1. The summed E-state index contributed by atoms with van der Waals surface area (Å²) >= 11 is 0. The molecule has 3 nitrogen and oxygen atoms in total. The minimum absolute atomic E-state index is 0.155. The molecule has 112 valence electrons. The molecular formula is C18H15FO3. The minimum atomic E-state index is -1.02. The fraction of sp³-hybridized carbons (Fsp3) is 0.167. The van der Waals surface area contributed by atoms with Crippen molar-refractivity contribution in [3.63, 3.8) is 0 Å². The fourth-order valence-electron chi connectivity index (χ4n) is 2.67. The van der Waals surface area contributed by atoms with Gasteiger partial charge in [0.15, 0.2) is 0 Å². The SMILES string of the molecule is CC1=C(c2ccc(C)cc2F)c2cc(C(=O)O)ccc2OC1. The van der Waals surface area contributed by atoms with E-state index in [0.29, 0.717) is 29.1 Å². The Labute approximate surface area is 127 Å². The molecule has 3 rings (SSSR count). The van der Waals surface area contributed by atoms with Crippen LogP contribution >= 0.6 is 0 Å². The molecule has 0 radical (unpaired) electrons. The maximum atomic E-state index is 14.4. The van der Waals surface area contributed by atoms with Gasteiger partial charge in [-0.3, -0.25) is 0 Å². The number of carbonyl (C=O) groups is 1. The molecule has 0 fully saturated rings. The lowest BCUT2D eigenvalue weighted by molar-refractivity contribution is 0.0697. The first-order chi connectivity index (χ1) is 10.5. The standard InChI is InChI=1S/C18H15FO3/c1-10-3-5-13(15(19)7-10)17-11(2)9-22-16-6-4-12(18(20)21)8-14(16)17/h3-8H,9H2,1-2H3,(H,20,21). The van der Waals surface area contributed by atoms with Crippen molar-refractivity contribution in [1.82, 2.24) is 0 Å². The molecule has 1 heterocycles. The first-order valence-corrected chi connectivity index (χ1v) is 6.94. The average molecular weight is 298 g/mol. The van der Waals surface area contributed by atoms with Crippen LogP contribution in [0.4, 0.5) is 4.39 Å². The van der Waals surface area contributed by atoms with E-state index < -0.39 is 5.97 Å². The van der Waals surface area contributed by atoms with Crippen LogP contribution in [0.25, 0.3) is 5.57 Å². The van der Waals surface area contributed by atoms with Gasteiger partial charge in [-0.05, 0) is 54.8 Å². The highest BCUT2D eigenvalue weighted by Crippen LogP contribution is 2.38. The van der Waals surface area contributed by atoms with Crippen LogP contribution in [0, 0.1) is 12.7 Å². The van der Waals surface area contributed by atoms with Crippen LogP contribution in [0.3, 0.4) is 0 Å². The zero-order chi connectivity index (χ0) is 15.9. The molecule has 0 atom stereocenters. The first-order valence-electron chi connectivity index (χ1n) is 6.94. The number of hydrogen-bond donors (Lipinski definition) is 1. The predicted molar refractivity (Wildman–Crippen MR) is 81.7 cm³/mol. The fourth-order valence-corrected chi connectivity index (χ4v) is 2.67. The molecule has 0 saturated heterocycles. The summed E-state index contributed by atoms with van der Waals surface area (Å²) in [5.74, 6) is -0.761. The van der Waals surface area contributed by atoms with E-state index in [4.69, 9.17) is 9.84 Å². The van der Waals surface area contributed by atoms with E-state index in [-0.39, 0.29) is 11.4 Å². The van der Waals surface area contributed by atoms with Crippen molar-refractivity contribution in [2.75, 3.05) is 6.61 Å². The summed E-state index contributed by atoms with van der Waals surface area (Å²) in [5, 5.41) is 9.17. The second kappa shape index (κ2) is 5.30. The first kappa shape index (κ1) is 14.3. The molecule has 0 saturated carbocycles. The van der Waals surface area contributed by atoms with Crippen LogP contribution in [0.15, 0.2) is 42.0 Å². The lowest BCUT2D eigenvalue weighted by atomic mass is 9.90. The predicted octanol–water partition coefficient (Wildman–Crippen LogP) is 4.05. The number of rotatable bonds is 2. The van der Waals surface area contributed by atoms with Crippen molar-refractivity contribution in [3.05, 3.63) is 70.0 Å². The van der Waals surface area contributed by atoms with Crippen molar-refractivity contribution in [2.45, 2.75) is 13.8 Å². The third kappa shape index (κ3) is 2.37. The van der Waals surface area contributed by atoms with Crippen LogP contribution in [0.1, 0.15) is 34.0 Å². The zero-order valence-electron chi connectivity index (χ0n) is 12.3. The smallest absolute Gasteiger partial charge is 0.335 e. The molecule has 2 aromatic rings. The highest BCUT2D eigenvalue weighted by molar-refractivity contribution is 5.93. The number of carboxylic acids is 1. The van der Waals surface area contributed by atoms with E-state index in [1.54, 1.807) is 12.1 Å². The zero-order valence-corrected chi connectivity index (χ0v) is 12.3. The third-order valence-corrected chi connectivity index (χ3v) is 3.76. The summed E-state index contributed by atoms with van der Waals surface area (Å²) in [4.78, 5) is 11.2. The van der Waals surface area contributed by atoms with Crippen molar-refractivity contribution < 1.29 is 19.0 Å². The second-order valence-corrected chi connectivity index (χ2v) is 5.44. The van der Waals surface area contributed by atoms with Gasteiger partial charge in [0.1, 0.15) is 18.2 Å². The number of hydrogen-bond acceptors (Lipinski definition) is 2. The summed E-state index contributed by atoms with van der Waals surface area (Å²) in [7, 11) is 0. The summed E-state index contributed by atoms with van der Waals surface area (Å²) < 4.78 is 20.0. The Morgan fingerprint density at radius 2 is 1.91 bits per heavy atom. The van der Waals surface area contributed by atoms with Gasteiger partial charge in [0.05, 0.1) is 5.56 Å². The van der Waals surface area contributed by atoms with Crippen molar-refractivity contribution in [2.24, 2.45) is 0 Å². The number of ether oxygens (including phenoxy) is 1. The van der Waals surface area contributed by atoms with Gasteiger partial charge in [-0.25, -0.2) is 9.18 Å². The Morgan fingerprint density at radius 1 is 1.14 bits per heavy atom. The molecule has 0 amide bonds. The number of aromatic carboxylic acids is 1. The Kier molecular flexibility index (Phi) is 3.45. The molecule has 1 aliphatic rings. The average Bonchev–Trinajstić information content (AvgIpc) is 2.47. The molecule has 0 bridgehead atoms. The molecule has 4 heteroatoms. The van der Waals surface area contributed by atoms with Gasteiger partial charge in [-0.1, -0.05) is 12.1 Å². The topological polar surface area (TPSA) is 46.5 Å². The maximum Gasteiger partial charge on any atom is 0.335 e. The molecule has 0 spiro atoms. The van der Waals surface area contributed by atoms with Crippen LogP contribution in [0.5, 0.6) is 5.75 Å². The van der Waals surface area contributed by atoms with Gasteiger partial charge in [0, 0.05) is 11.1 Å². The molecule has 1 N–H and O–H groups in total. The number of aryl methyl sites for hydroxylation is 1. The number of halogens is 1. The van der Waals surface area contributed by atoms with Gasteiger partial charge in [-0.2, -0.15) is 0 Å². The van der Waals surface area contributed by atoms with Gasteiger partial charge in [-0.15, -0.1) is 0 Å². The lowest BCUT2D eigenvalue weighted by Gasteiger charge is -2.23. The third-order valence-electron chi connectivity index (χ3n) is 3.76. The van der Waals surface area contributed by atoms with Gasteiger partial charge in [0.2, 0.25) is 0 Å². The Morgan fingerprint density at radius 3 is 2.59 bits per heavy atom. The van der Waals surface area contributed by atoms with Crippen molar-refractivity contribution in [1.29, 1.82) is 0 Å². The molecule has 0 aromatic heterocycles.